The molecule has 0 aliphatic carbocycles. The largest absolute Gasteiger partial charge is 0.416 e. The quantitative estimate of drug-likeness (QED) is 0.453. The van der Waals surface area contributed by atoms with E-state index < -0.39 is 0 Å². The van der Waals surface area contributed by atoms with E-state index in [1.807, 2.05) is 24.3 Å². The van der Waals surface area contributed by atoms with Gasteiger partial charge in [-0.2, -0.15) is 0 Å². The van der Waals surface area contributed by atoms with E-state index in [1.165, 1.54) is 16.7 Å². The Morgan fingerprint density at radius 2 is 1.62 bits per heavy atom. The maximum atomic E-state index is 5.76. The van der Waals surface area contributed by atoms with Gasteiger partial charge in [0.05, 0.1) is 6.42 Å². The van der Waals surface area contributed by atoms with Gasteiger partial charge in [-0.15, -0.1) is 10.2 Å². The summed E-state index contributed by atoms with van der Waals surface area (Å²) in [4.78, 5) is 4.29. The lowest BCUT2D eigenvalue weighted by Gasteiger charge is -2.08. The summed E-state index contributed by atoms with van der Waals surface area (Å²) in [7, 11) is 0. The third-order valence-corrected chi connectivity index (χ3v) is 4.83. The monoisotopic (exact) mass is 359 g/mol. The number of benzene rings is 2. The molecule has 0 spiro atoms. The summed E-state index contributed by atoms with van der Waals surface area (Å²) in [5, 5.41) is 8.86. The highest BCUT2D eigenvalue weighted by molar-refractivity contribution is 7.98. The van der Waals surface area contributed by atoms with Gasteiger partial charge in [0.1, 0.15) is 0 Å². The van der Waals surface area contributed by atoms with Crippen LogP contribution in [-0.2, 0) is 12.2 Å². The Hall–Kier alpha value is -2.92. The lowest BCUT2D eigenvalue weighted by Crippen LogP contribution is -1.90. The van der Waals surface area contributed by atoms with Crippen LogP contribution in [0.2, 0.25) is 0 Å². The van der Waals surface area contributed by atoms with Crippen LogP contribution in [0.25, 0.3) is 11.1 Å². The van der Waals surface area contributed by atoms with Gasteiger partial charge in [0.25, 0.3) is 5.22 Å². The van der Waals surface area contributed by atoms with Gasteiger partial charge in [0.15, 0.2) is 0 Å². The Balaban J connectivity index is 1.45. The van der Waals surface area contributed by atoms with Crippen LogP contribution in [0.3, 0.4) is 0 Å². The standard InChI is InChI=1S/C21H17N3OS/c1-2-8-16(9-3-1)19-12-5-4-10-17(19)15-26-21-24-23-20(25-21)14-18-11-6-7-13-22-18/h1-13H,14-15H2. The van der Waals surface area contributed by atoms with Crippen molar-refractivity contribution in [3.63, 3.8) is 0 Å². The second kappa shape index (κ2) is 7.97. The van der Waals surface area contributed by atoms with Gasteiger partial charge >= 0.3 is 0 Å². The first kappa shape index (κ1) is 16.5. The molecule has 0 bridgehead atoms. The fourth-order valence-corrected chi connectivity index (χ4v) is 3.49. The lowest BCUT2D eigenvalue weighted by molar-refractivity contribution is 0.419. The Kier molecular flexibility index (Phi) is 5.07. The first-order valence-electron chi connectivity index (χ1n) is 8.37. The minimum Gasteiger partial charge on any atom is -0.416 e. The summed E-state index contributed by atoms with van der Waals surface area (Å²) >= 11 is 1.55. The van der Waals surface area contributed by atoms with Crippen LogP contribution in [0.1, 0.15) is 17.1 Å². The molecule has 0 fully saturated rings. The average Bonchev–Trinajstić information content (AvgIpc) is 3.15. The second-order valence-electron chi connectivity index (χ2n) is 5.77. The highest BCUT2D eigenvalue weighted by Gasteiger charge is 2.10. The molecule has 128 valence electrons. The van der Waals surface area contributed by atoms with E-state index in [1.54, 1.807) is 18.0 Å². The number of thioether (sulfide) groups is 1. The molecule has 0 aliphatic heterocycles. The van der Waals surface area contributed by atoms with Crippen molar-refractivity contribution in [3.05, 3.63) is 96.1 Å². The number of hydrogen-bond acceptors (Lipinski definition) is 5. The summed E-state index contributed by atoms with van der Waals surface area (Å²) in [6, 6.07) is 24.6. The van der Waals surface area contributed by atoms with Crippen molar-refractivity contribution < 1.29 is 4.42 Å². The summed E-state index contributed by atoms with van der Waals surface area (Å²) in [6.45, 7) is 0. The Morgan fingerprint density at radius 1 is 0.808 bits per heavy atom. The smallest absolute Gasteiger partial charge is 0.276 e. The summed E-state index contributed by atoms with van der Waals surface area (Å²) in [6.07, 6.45) is 2.32. The zero-order valence-corrected chi connectivity index (χ0v) is 14.9. The van der Waals surface area contributed by atoms with E-state index >= 15 is 0 Å². The van der Waals surface area contributed by atoms with Crippen LogP contribution in [0.4, 0.5) is 0 Å². The predicted molar refractivity (Wildman–Crippen MR) is 103 cm³/mol. The van der Waals surface area contributed by atoms with Crippen LogP contribution < -0.4 is 0 Å². The van der Waals surface area contributed by atoms with Crippen molar-refractivity contribution in [1.82, 2.24) is 15.2 Å². The second-order valence-corrected chi connectivity index (χ2v) is 6.70. The van der Waals surface area contributed by atoms with Gasteiger partial charge in [-0.05, 0) is 28.8 Å². The summed E-state index contributed by atoms with van der Waals surface area (Å²) < 4.78 is 5.76. The molecular formula is C21H17N3OS. The number of pyridine rings is 1. The first-order chi connectivity index (χ1) is 12.9. The van der Waals surface area contributed by atoms with Crippen LogP contribution in [-0.4, -0.2) is 15.2 Å². The van der Waals surface area contributed by atoms with E-state index in [0.717, 1.165) is 11.4 Å². The molecule has 0 saturated heterocycles. The fraction of sp³-hybridized carbons (Fsp3) is 0.0952. The fourth-order valence-electron chi connectivity index (χ4n) is 2.71. The number of rotatable bonds is 6. The van der Waals surface area contributed by atoms with E-state index in [-0.39, 0.29) is 0 Å². The predicted octanol–water partition coefficient (Wildman–Crippen LogP) is 5.01. The third-order valence-electron chi connectivity index (χ3n) is 3.96. The molecule has 0 radical (unpaired) electrons. The van der Waals surface area contributed by atoms with E-state index in [0.29, 0.717) is 17.5 Å². The van der Waals surface area contributed by atoms with Crippen molar-refractivity contribution in [2.24, 2.45) is 0 Å². The number of nitrogens with zero attached hydrogens (tertiary/aromatic N) is 3. The van der Waals surface area contributed by atoms with Gasteiger partial charge in [-0.1, -0.05) is 72.4 Å². The minimum atomic E-state index is 0.551. The minimum absolute atomic E-state index is 0.551. The molecule has 4 nitrogen and oxygen atoms in total. The lowest BCUT2D eigenvalue weighted by atomic mass is 10.0. The normalized spacial score (nSPS) is 10.8. The Morgan fingerprint density at radius 3 is 2.46 bits per heavy atom. The Labute approximate surface area is 156 Å². The average molecular weight is 359 g/mol. The van der Waals surface area contributed by atoms with Crippen LogP contribution in [0.15, 0.2) is 88.6 Å². The van der Waals surface area contributed by atoms with Crippen molar-refractivity contribution in [1.29, 1.82) is 0 Å². The highest BCUT2D eigenvalue weighted by Crippen LogP contribution is 2.29. The molecule has 5 heteroatoms. The number of aromatic nitrogens is 3. The van der Waals surface area contributed by atoms with Gasteiger partial charge < -0.3 is 4.42 Å². The van der Waals surface area contributed by atoms with Gasteiger partial charge in [0.2, 0.25) is 5.89 Å². The van der Waals surface area contributed by atoms with E-state index in [9.17, 15) is 0 Å². The molecule has 0 amide bonds. The molecule has 4 aromatic rings. The zero-order valence-electron chi connectivity index (χ0n) is 14.1. The molecule has 0 unspecified atom stereocenters. The molecule has 4 rings (SSSR count). The molecular weight excluding hydrogens is 342 g/mol. The van der Waals surface area contributed by atoms with Crippen molar-refractivity contribution >= 4 is 11.8 Å². The molecule has 0 aliphatic rings. The maximum Gasteiger partial charge on any atom is 0.276 e. The van der Waals surface area contributed by atoms with Crippen molar-refractivity contribution in [2.75, 3.05) is 0 Å². The highest BCUT2D eigenvalue weighted by atomic mass is 32.2. The van der Waals surface area contributed by atoms with Gasteiger partial charge in [-0.25, -0.2) is 0 Å². The van der Waals surface area contributed by atoms with E-state index in [4.69, 9.17) is 4.42 Å². The van der Waals surface area contributed by atoms with Crippen LogP contribution >= 0.6 is 11.8 Å². The molecule has 26 heavy (non-hydrogen) atoms. The van der Waals surface area contributed by atoms with Crippen molar-refractivity contribution in [2.45, 2.75) is 17.4 Å². The molecule has 2 aromatic heterocycles. The number of hydrogen-bond donors (Lipinski definition) is 0. The molecule has 2 aromatic carbocycles. The SMILES string of the molecule is c1ccc(-c2ccccc2CSc2nnc(Cc3ccccn3)o2)cc1. The molecule has 0 N–H and O–H groups in total. The van der Waals surface area contributed by atoms with Crippen LogP contribution in [0.5, 0.6) is 0 Å². The van der Waals surface area contributed by atoms with Crippen molar-refractivity contribution in [3.8, 4) is 11.1 Å². The first-order valence-corrected chi connectivity index (χ1v) is 9.35. The Bertz CT molecular complexity index is 971. The van der Waals surface area contributed by atoms with E-state index in [2.05, 4.69) is 63.7 Å². The maximum absolute atomic E-state index is 5.76. The topological polar surface area (TPSA) is 51.8 Å². The molecule has 0 atom stereocenters. The van der Waals surface area contributed by atoms with Crippen LogP contribution in [0, 0.1) is 0 Å². The third kappa shape index (κ3) is 4.00. The molecule has 0 saturated carbocycles. The summed E-state index contributed by atoms with van der Waals surface area (Å²) in [5.74, 6) is 1.36. The van der Waals surface area contributed by atoms with Gasteiger partial charge in [-0.3, -0.25) is 4.98 Å². The van der Waals surface area contributed by atoms with Gasteiger partial charge in [0, 0.05) is 17.6 Å². The molecule has 2 heterocycles. The zero-order chi connectivity index (χ0) is 17.6. The summed E-state index contributed by atoms with van der Waals surface area (Å²) in [5.41, 5.74) is 4.61.